The molecule has 8 heteroatoms. The molecular weight excluding hydrogens is 305 g/mol. The molecule has 122 valence electrons. The minimum atomic E-state index is -1.10. The van der Waals surface area contributed by atoms with Crippen LogP contribution in [0.4, 0.5) is 4.39 Å². The van der Waals surface area contributed by atoms with Crippen molar-refractivity contribution in [2.75, 3.05) is 7.05 Å². The lowest BCUT2D eigenvalue weighted by molar-refractivity contribution is -0.137. The fourth-order valence-corrected chi connectivity index (χ4v) is 2.20. The van der Waals surface area contributed by atoms with Gasteiger partial charge in [-0.05, 0) is 17.7 Å². The molecule has 0 fully saturated rings. The van der Waals surface area contributed by atoms with Crippen molar-refractivity contribution in [1.82, 2.24) is 10.3 Å². The van der Waals surface area contributed by atoms with Gasteiger partial charge in [0.25, 0.3) is 5.91 Å². The lowest BCUT2D eigenvalue weighted by atomic mass is 10.0. The van der Waals surface area contributed by atoms with E-state index in [9.17, 15) is 18.8 Å². The number of carboxylic acids is 1. The summed E-state index contributed by atoms with van der Waals surface area (Å²) in [5.41, 5.74) is 0.632. The topological polar surface area (TPSA) is 99.1 Å². The van der Waals surface area contributed by atoms with Crippen molar-refractivity contribution < 1.29 is 23.9 Å². The molecular formula is C15H16FN3O4. The number of benzene rings is 1. The van der Waals surface area contributed by atoms with Crippen molar-refractivity contribution in [3.63, 3.8) is 0 Å². The van der Waals surface area contributed by atoms with E-state index in [1.807, 2.05) is 0 Å². The first-order valence-corrected chi connectivity index (χ1v) is 6.99. The molecule has 1 aromatic carbocycles. The molecule has 1 aliphatic rings. The largest absolute Gasteiger partial charge is 0.481 e. The van der Waals surface area contributed by atoms with Gasteiger partial charge in [-0.3, -0.25) is 14.4 Å². The lowest BCUT2D eigenvalue weighted by Crippen LogP contribution is -2.39. The molecule has 0 bridgehead atoms. The predicted molar refractivity (Wildman–Crippen MR) is 79.0 cm³/mol. The number of carbonyl (C=O) groups is 3. The van der Waals surface area contributed by atoms with E-state index < -0.39 is 23.7 Å². The standard InChI is InChI=1S/C15H16FN3O4/c1-19-13(20)7-6-11(18-19)15(23)17-12(8-14(21)22)9-2-4-10(16)5-3-9/h2-5,12H,6-8H2,1H3,(H,17,23)(H,21,22). The third kappa shape index (κ3) is 4.35. The Balaban J connectivity index is 2.16. The van der Waals surface area contributed by atoms with Crippen LogP contribution in [-0.2, 0) is 14.4 Å². The Morgan fingerprint density at radius 1 is 1.35 bits per heavy atom. The molecule has 0 aliphatic carbocycles. The van der Waals surface area contributed by atoms with E-state index in [0.29, 0.717) is 5.56 Å². The summed E-state index contributed by atoms with van der Waals surface area (Å²) >= 11 is 0. The van der Waals surface area contributed by atoms with Crippen LogP contribution in [0.1, 0.15) is 30.9 Å². The third-order valence-corrected chi connectivity index (χ3v) is 3.43. The van der Waals surface area contributed by atoms with E-state index in [0.717, 1.165) is 5.01 Å². The second-order valence-corrected chi connectivity index (χ2v) is 5.14. The summed E-state index contributed by atoms with van der Waals surface area (Å²) < 4.78 is 13.0. The lowest BCUT2D eigenvalue weighted by Gasteiger charge is -2.22. The number of amides is 2. The third-order valence-electron chi connectivity index (χ3n) is 3.43. The maximum Gasteiger partial charge on any atom is 0.305 e. The highest BCUT2D eigenvalue weighted by atomic mass is 19.1. The van der Waals surface area contributed by atoms with Crippen molar-refractivity contribution in [3.8, 4) is 0 Å². The Hall–Kier alpha value is -2.77. The number of hydrogen-bond donors (Lipinski definition) is 2. The maximum atomic E-state index is 13.0. The van der Waals surface area contributed by atoms with Gasteiger partial charge in [0.05, 0.1) is 12.5 Å². The van der Waals surface area contributed by atoms with Gasteiger partial charge in [-0.1, -0.05) is 12.1 Å². The molecule has 1 aliphatic heterocycles. The number of nitrogens with one attached hydrogen (secondary N) is 1. The number of hydrogen-bond acceptors (Lipinski definition) is 4. The monoisotopic (exact) mass is 321 g/mol. The molecule has 23 heavy (non-hydrogen) atoms. The molecule has 0 saturated carbocycles. The molecule has 0 radical (unpaired) electrons. The molecule has 0 aromatic heterocycles. The highest BCUT2D eigenvalue weighted by Crippen LogP contribution is 2.18. The maximum absolute atomic E-state index is 13.0. The van der Waals surface area contributed by atoms with E-state index in [1.54, 1.807) is 0 Å². The molecule has 0 spiro atoms. The molecule has 0 saturated heterocycles. The van der Waals surface area contributed by atoms with Crippen LogP contribution in [0, 0.1) is 5.82 Å². The molecule has 2 amide bonds. The van der Waals surface area contributed by atoms with Crippen LogP contribution in [-0.4, -0.2) is 40.7 Å². The Bertz CT molecular complexity index is 657. The number of hydrazone groups is 1. The van der Waals surface area contributed by atoms with E-state index in [-0.39, 0.29) is 30.9 Å². The Morgan fingerprint density at radius 2 is 2.00 bits per heavy atom. The summed E-state index contributed by atoms with van der Waals surface area (Å²) in [6.07, 6.45) is 0.0144. The number of rotatable bonds is 5. The number of nitrogens with zero attached hydrogens (tertiary/aromatic N) is 2. The van der Waals surface area contributed by atoms with Crippen LogP contribution < -0.4 is 5.32 Å². The first kappa shape index (κ1) is 16.6. The second kappa shape index (κ2) is 6.99. The minimum Gasteiger partial charge on any atom is -0.481 e. The second-order valence-electron chi connectivity index (χ2n) is 5.14. The molecule has 1 atom stereocenters. The Kier molecular flexibility index (Phi) is 5.05. The van der Waals surface area contributed by atoms with E-state index in [2.05, 4.69) is 10.4 Å². The van der Waals surface area contributed by atoms with Crippen molar-refractivity contribution >= 4 is 23.5 Å². The minimum absolute atomic E-state index is 0.157. The van der Waals surface area contributed by atoms with Crippen LogP contribution in [0.15, 0.2) is 29.4 Å². The zero-order valence-corrected chi connectivity index (χ0v) is 12.5. The molecule has 1 heterocycles. The smallest absolute Gasteiger partial charge is 0.305 e. The van der Waals surface area contributed by atoms with E-state index >= 15 is 0 Å². The molecule has 1 unspecified atom stereocenters. The summed E-state index contributed by atoms with van der Waals surface area (Å²) in [6, 6.07) is 4.41. The first-order valence-electron chi connectivity index (χ1n) is 6.99. The summed E-state index contributed by atoms with van der Waals surface area (Å²) in [4.78, 5) is 34.6. The highest BCUT2D eigenvalue weighted by molar-refractivity contribution is 6.39. The van der Waals surface area contributed by atoms with Gasteiger partial charge in [0, 0.05) is 19.9 Å². The number of carbonyl (C=O) groups excluding carboxylic acids is 2. The Labute approximate surface area is 131 Å². The van der Waals surface area contributed by atoms with Crippen molar-refractivity contribution in [1.29, 1.82) is 0 Å². The molecule has 7 nitrogen and oxygen atoms in total. The van der Waals surface area contributed by atoms with Gasteiger partial charge >= 0.3 is 5.97 Å². The van der Waals surface area contributed by atoms with Gasteiger partial charge in [0.2, 0.25) is 5.91 Å². The molecule has 2 N–H and O–H groups in total. The van der Waals surface area contributed by atoms with Gasteiger partial charge in [-0.25, -0.2) is 9.40 Å². The van der Waals surface area contributed by atoms with Crippen LogP contribution in [0.25, 0.3) is 0 Å². The van der Waals surface area contributed by atoms with Gasteiger partial charge in [-0.15, -0.1) is 0 Å². The molecule has 2 rings (SSSR count). The summed E-state index contributed by atoms with van der Waals surface area (Å²) in [5.74, 6) is -2.29. The van der Waals surface area contributed by atoms with Gasteiger partial charge in [0.15, 0.2) is 0 Å². The molecule has 1 aromatic rings. The fraction of sp³-hybridized carbons (Fsp3) is 0.333. The predicted octanol–water partition coefficient (Wildman–Crippen LogP) is 1.07. The average Bonchev–Trinajstić information content (AvgIpc) is 2.49. The highest BCUT2D eigenvalue weighted by Gasteiger charge is 2.25. The van der Waals surface area contributed by atoms with Crippen LogP contribution in [0.3, 0.4) is 0 Å². The van der Waals surface area contributed by atoms with Gasteiger partial charge in [-0.2, -0.15) is 5.10 Å². The summed E-state index contributed by atoms with van der Waals surface area (Å²) in [5, 5.41) is 16.5. The van der Waals surface area contributed by atoms with Crippen molar-refractivity contribution in [2.24, 2.45) is 5.10 Å². The normalized spacial score (nSPS) is 15.8. The number of carboxylic acid groups (broad SMARTS) is 1. The fourth-order valence-electron chi connectivity index (χ4n) is 2.20. The van der Waals surface area contributed by atoms with Crippen molar-refractivity contribution in [2.45, 2.75) is 25.3 Å². The summed E-state index contributed by atoms with van der Waals surface area (Å²) in [7, 11) is 1.45. The van der Waals surface area contributed by atoms with Gasteiger partial charge < -0.3 is 10.4 Å². The number of aliphatic carboxylic acids is 1. The van der Waals surface area contributed by atoms with Crippen LogP contribution in [0.2, 0.25) is 0 Å². The average molecular weight is 321 g/mol. The van der Waals surface area contributed by atoms with Crippen LogP contribution in [0.5, 0.6) is 0 Å². The number of halogens is 1. The zero-order valence-electron chi connectivity index (χ0n) is 12.5. The van der Waals surface area contributed by atoms with Crippen molar-refractivity contribution in [3.05, 3.63) is 35.6 Å². The first-order chi connectivity index (χ1) is 10.9. The quantitative estimate of drug-likeness (QED) is 0.847. The Morgan fingerprint density at radius 3 is 2.57 bits per heavy atom. The van der Waals surface area contributed by atoms with Crippen LogP contribution >= 0.6 is 0 Å². The van der Waals surface area contributed by atoms with E-state index in [1.165, 1.54) is 31.3 Å². The SMILES string of the molecule is CN1N=C(C(=O)NC(CC(=O)O)c2ccc(F)cc2)CCC1=O. The van der Waals surface area contributed by atoms with Gasteiger partial charge in [0.1, 0.15) is 11.5 Å². The zero-order chi connectivity index (χ0) is 17.0. The van der Waals surface area contributed by atoms with E-state index in [4.69, 9.17) is 5.11 Å². The summed E-state index contributed by atoms with van der Waals surface area (Å²) in [6.45, 7) is 0.